The summed E-state index contributed by atoms with van der Waals surface area (Å²) in [5.41, 5.74) is 1.01. The summed E-state index contributed by atoms with van der Waals surface area (Å²) in [5, 5.41) is 6.38. The Balaban J connectivity index is 1.29. The van der Waals surface area contributed by atoms with Crippen LogP contribution in [-0.2, 0) is 19.3 Å². The van der Waals surface area contributed by atoms with Crippen LogP contribution in [0.3, 0.4) is 0 Å². The zero-order valence-corrected chi connectivity index (χ0v) is 18.3. The molecular weight excluding hydrogens is 406 g/mol. The van der Waals surface area contributed by atoms with Gasteiger partial charge in [0.2, 0.25) is 0 Å². The third-order valence-electron chi connectivity index (χ3n) is 5.04. The molecule has 154 valence electrons. The van der Waals surface area contributed by atoms with Crippen molar-refractivity contribution < 1.29 is 9.21 Å². The molecule has 4 heterocycles. The van der Waals surface area contributed by atoms with Gasteiger partial charge in [-0.2, -0.15) is 0 Å². The minimum Gasteiger partial charge on any atom is -0.455 e. The number of carbonyl (C=O) groups is 1. The van der Waals surface area contributed by atoms with Crippen LogP contribution < -0.4 is 5.32 Å². The molecule has 0 atom stereocenters. The summed E-state index contributed by atoms with van der Waals surface area (Å²) >= 11 is 3.02. The molecule has 9 heteroatoms. The van der Waals surface area contributed by atoms with Crippen molar-refractivity contribution in [2.24, 2.45) is 13.0 Å². The predicted octanol–water partition coefficient (Wildman–Crippen LogP) is 4.25. The van der Waals surface area contributed by atoms with Gasteiger partial charge in [-0.3, -0.25) is 15.0 Å². The summed E-state index contributed by atoms with van der Waals surface area (Å²) in [6.07, 6.45) is 6.15. The lowest BCUT2D eigenvalue weighted by atomic mass is 9.99. The predicted molar refractivity (Wildman–Crippen MR) is 115 cm³/mol. The molecule has 0 bridgehead atoms. The number of amides is 1. The summed E-state index contributed by atoms with van der Waals surface area (Å²) in [7, 11) is 1.95. The fourth-order valence-corrected chi connectivity index (χ4v) is 4.77. The number of carbonyl (C=O) groups excluding carboxylic acids is 1. The molecule has 0 aliphatic carbocycles. The Hall–Kier alpha value is -2.10. The number of thioether (sulfide) groups is 1. The minimum atomic E-state index is -0.272. The highest BCUT2D eigenvalue weighted by atomic mass is 32.2. The molecule has 7 nitrogen and oxygen atoms in total. The van der Waals surface area contributed by atoms with E-state index in [-0.39, 0.29) is 5.91 Å². The number of imidazole rings is 1. The first-order valence-corrected chi connectivity index (χ1v) is 11.6. The number of hydrogen-bond acceptors (Lipinski definition) is 7. The molecule has 1 saturated heterocycles. The molecule has 1 N–H and O–H groups in total. The van der Waals surface area contributed by atoms with E-state index in [2.05, 4.69) is 27.1 Å². The van der Waals surface area contributed by atoms with Crippen LogP contribution in [0.5, 0.6) is 0 Å². The Morgan fingerprint density at radius 3 is 2.97 bits per heavy atom. The number of aryl methyl sites for hydroxylation is 1. The van der Waals surface area contributed by atoms with Gasteiger partial charge in [-0.1, -0.05) is 18.7 Å². The molecule has 1 amide bonds. The number of hydrogen-bond donors (Lipinski definition) is 1. The standard InChI is InChI=1S/C20H25N5O2S2/c1-14-5-8-25(9-6-14)11-15-12-28-19(22-15)23-18(26)17-4-3-16(27-17)13-29-20-21-7-10-24(20)2/h3-4,7,10,12,14H,5-6,8-9,11,13H2,1-2H3,(H,22,23,26). The van der Waals surface area contributed by atoms with E-state index in [1.165, 1.54) is 24.2 Å². The molecule has 0 spiro atoms. The molecule has 1 aliphatic rings. The van der Waals surface area contributed by atoms with Crippen LogP contribution in [0.15, 0.2) is 39.5 Å². The summed E-state index contributed by atoms with van der Waals surface area (Å²) in [6.45, 7) is 5.39. The number of thiazole rings is 1. The maximum absolute atomic E-state index is 12.5. The van der Waals surface area contributed by atoms with E-state index in [1.807, 2.05) is 29.3 Å². The summed E-state index contributed by atoms with van der Waals surface area (Å²) in [5.74, 6) is 2.20. The van der Waals surface area contributed by atoms with Crippen molar-refractivity contribution >= 4 is 34.1 Å². The zero-order chi connectivity index (χ0) is 20.2. The Morgan fingerprint density at radius 2 is 2.21 bits per heavy atom. The lowest BCUT2D eigenvalue weighted by molar-refractivity contribution is 0.0995. The SMILES string of the molecule is CC1CCN(Cc2csc(NC(=O)c3ccc(CSc4nccn4C)o3)n2)CC1. The second kappa shape index (κ2) is 9.15. The van der Waals surface area contributed by atoms with Gasteiger partial charge in [0.05, 0.1) is 11.4 Å². The quantitative estimate of drug-likeness (QED) is 0.564. The first-order valence-electron chi connectivity index (χ1n) is 9.74. The van der Waals surface area contributed by atoms with Crippen molar-refractivity contribution in [1.82, 2.24) is 19.4 Å². The maximum atomic E-state index is 12.5. The van der Waals surface area contributed by atoms with Gasteiger partial charge >= 0.3 is 0 Å². The Labute approximate surface area is 178 Å². The van der Waals surface area contributed by atoms with Gasteiger partial charge in [-0.15, -0.1) is 11.3 Å². The van der Waals surface area contributed by atoms with Crippen LogP contribution in [-0.4, -0.2) is 38.4 Å². The van der Waals surface area contributed by atoms with E-state index in [4.69, 9.17) is 4.42 Å². The summed E-state index contributed by atoms with van der Waals surface area (Å²) < 4.78 is 7.64. The third-order valence-corrected chi connectivity index (χ3v) is 6.93. The maximum Gasteiger partial charge on any atom is 0.293 e. The average Bonchev–Trinajstić information content (AvgIpc) is 3.44. The molecule has 1 fully saturated rings. The van der Waals surface area contributed by atoms with Crippen molar-refractivity contribution in [3.8, 4) is 0 Å². The Kier molecular flexibility index (Phi) is 6.37. The van der Waals surface area contributed by atoms with E-state index in [0.29, 0.717) is 16.6 Å². The highest BCUT2D eigenvalue weighted by molar-refractivity contribution is 7.98. The number of rotatable bonds is 7. The number of nitrogens with zero attached hydrogens (tertiary/aromatic N) is 4. The van der Waals surface area contributed by atoms with Crippen molar-refractivity contribution in [3.63, 3.8) is 0 Å². The van der Waals surface area contributed by atoms with Crippen molar-refractivity contribution in [3.05, 3.63) is 47.1 Å². The van der Waals surface area contributed by atoms with Gasteiger partial charge in [0, 0.05) is 31.4 Å². The summed E-state index contributed by atoms with van der Waals surface area (Å²) in [4.78, 5) is 23.7. The Morgan fingerprint density at radius 1 is 1.38 bits per heavy atom. The lowest BCUT2D eigenvalue weighted by Gasteiger charge is -2.29. The molecule has 3 aromatic rings. The molecule has 0 aromatic carbocycles. The van der Waals surface area contributed by atoms with Crippen molar-refractivity contribution in [1.29, 1.82) is 0 Å². The molecule has 0 saturated carbocycles. The number of furan rings is 1. The lowest BCUT2D eigenvalue weighted by Crippen LogP contribution is -2.32. The van der Waals surface area contributed by atoms with Gasteiger partial charge in [-0.25, -0.2) is 9.97 Å². The number of aromatic nitrogens is 3. The highest BCUT2D eigenvalue weighted by Gasteiger charge is 2.18. The van der Waals surface area contributed by atoms with Crippen LogP contribution >= 0.6 is 23.1 Å². The zero-order valence-electron chi connectivity index (χ0n) is 16.6. The second-order valence-electron chi connectivity index (χ2n) is 7.43. The molecular formula is C20H25N5O2S2. The number of anilines is 1. The molecule has 3 aromatic heterocycles. The van der Waals surface area contributed by atoms with Gasteiger partial charge in [0.15, 0.2) is 16.0 Å². The van der Waals surface area contributed by atoms with E-state index < -0.39 is 0 Å². The van der Waals surface area contributed by atoms with E-state index in [0.717, 1.165) is 42.2 Å². The smallest absolute Gasteiger partial charge is 0.293 e. The number of nitrogens with one attached hydrogen (secondary N) is 1. The monoisotopic (exact) mass is 431 g/mol. The molecule has 0 radical (unpaired) electrons. The Bertz CT molecular complexity index is 956. The van der Waals surface area contributed by atoms with E-state index in [1.54, 1.807) is 24.0 Å². The van der Waals surface area contributed by atoms with Crippen molar-refractivity contribution in [2.75, 3.05) is 18.4 Å². The van der Waals surface area contributed by atoms with E-state index in [9.17, 15) is 4.79 Å². The van der Waals surface area contributed by atoms with Crippen LogP contribution in [0.1, 0.15) is 41.8 Å². The van der Waals surface area contributed by atoms with Crippen LogP contribution in [0.4, 0.5) is 5.13 Å². The molecule has 0 unspecified atom stereocenters. The molecule has 1 aliphatic heterocycles. The van der Waals surface area contributed by atoms with Gasteiger partial charge < -0.3 is 8.98 Å². The molecule has 29 heavy (non-hydrogen) atoms. The average molecular weight is 432 g/mol. The largest absolute Gasteiger partial charge is 0.455 e. The van der Waals surface area contributed by atoms with Crippen LogP contribution in [0, 0.1) is 5.92 Å². The van der Waals surface area contributed by atoms with Gasteiger partial charge in [0.1, 0.15) is 5.76 Å². The minimum absolute atomic E-state index is 0.272. The number of likely N-dealkylation sites (tertiary alicyclic amines) is 1. The fourth-order valence-electron chi connectivity index (χ4n) is 3.25. The van der Waals surface area contributed by atoms with Crippen molar-refractivity contribution in [2.45, 2.75) is 37.2 Å². The second-order valence-corrected chi connectivity index (χ2v) is 9.23. The molecule has 4 rings (SSSR count). The first-order chi connectivity index (χ1) is 14.1. The normalized spacial score (nSPS) is 15.7. The fraction of sp³-hybridized carbons (Fsp3) is 0.450. The highest BCUT2D eigenvalue weighted by Crippen LogP contribution is 2.24. The van der Waals surface area contributed by atoms with Gasteiger partial charge in [0.25, 0.3) is 5.91 Å². The summed E-state index contributed by atoms with van der Waals surface area (Å²) in [6, 6.07) is 3.53. The number of piperidine rings is 1. The third kappa shape index (κ3) is 5.29. The first kappa shape index (κ1) is 20.2. The van der Waals surface area contributed by atoms with Crippen LogP contribution in [0.25, 0.3) is 0 Å². The van der Waals surface area contributed by atoms with E-state index >= 15 is 0 Å². The van der Waals surface area contributed by atoms with Crippen LogP contribution in [0.2, 0.25) is 0 Å². The topological polar surface area (TPSA) is 76.2 Å². The van der Waals surface area contributed by atoms with Gasteiger partial charge in [-0.05, 0) is 44.0 Å².